The Kier molecular flexibility index (Phi) is 3.91. The van der Waals surface area contributed by atoms with Gasteiger partial charge < -0.3 is 10.3 Å². The lowest BCUT2D eigenvalue weighted by Gasteiger charge is -2.06. The van der Waals surface area contributed by atoms with Gasteiger partial charge in [0.05, 0.1) is 22.1 Å². The van der Waals surface area contributed by atoms with Gasteiger partial charge in [0, 0.05) is 12.1 Å². The molecule has 1 aromatic carbocycles. The molecule has 0 radical (unpaired) electrons. The summed E-state index contributed by atoms with van der Waals surface area (Å²) in [5.41, 5.74) is 5.26. The maximum atomic E-state index is 12.1. The van der Waals surface area contributed by atoms with Crippen molar-refractivity contribution in [2.45, 2.75) is 18.4 Å². The van der Waals surface area contributed by atoms with Crippen LogP contribution in [0.1, 0.15) is 11.5 Å². The topological polar surface area (TPSA) is 141 Å². The summed E-state index contributed by atoms with van der Waals surface area (Å²) in [4.78, 5) is 9.78. The van der Waals surface area contributed by atoms with Gasteiger partial charge in [0.1, 0.15) is 11.4 Å². The molecule has 0 saturated carbocycles. The molecule has 0 fully saturated rings. The van der Waals surface area contributed by atoms with Crippen molar-refractivity contribution in [3.63, 3.8) is 0 Å². The summed E-state index contributed by atoms with van der Waals surface area (Å²) in [6.07, 6.45) is 0. The number of hydrogen-bond donors (Lipinski definition) is 2. The summed E-state index contributed by atoms with van der Waals surface area (Å²) in [6, 6.07) is 4.85. The second-order valence-electron chi connectivity index (χ2n) is 4.23. The SMILES string of the molecule is Cc1cc(CNS(=O)(=O)c2ccc(N)c([N+](=O)[O-])c2)no1. The fourth-order valence-electron chi connectivity index (χ4n) is 1.60. The van der Waals surface area contributed by atoms with Crippen molar-refractivity contribution in [3.8, 4) is 0 Å². The molecule has 0 aliphatic rings. The number of sulfonamides is 1. The molecule has 0 bridgehead atoms. The number of nitro groups is 1. The Morgan fingerprint density at radius 3 is 2.71 bits per heavy atom. The summed E-state index contributed by atoms with van der Waals surface area (Å²) in [7, 11) is -3.91. The predicted octanol–water partition coefficient (Wildman–Crippen LogP) is 0.952. The lowest BCUT2D eigenvalue weighted by Crippen LogP contribution is -2.23. The summed E-state index contributed by atoms with van der Waals surface area (Å²) in [5, 5.41) is 14.4. The molecule has 112 valence electrons. The minimum absolute atomic E-state index is 0.0855. The Morgan fingerprint density at radius 2 is 2.14 bits per heavy atom. The Balaban J connectivity index is 2.23. The molecule has 0 spiro atoms. The minimum Gasteiger partial charge on any atom is -0.393 e. The van der Waals surface area contributed by atoms with Gasteiger partial charge in [-0.2, -0.15) is 0 Å². The Hall–Kier alpha value is -2.46. The van der Waals surface area contributed by atoms with E-state index in [1.807, 2.05) is 0 Å². The largest absolute Gasteiger partial charge is 0.393 e. The molecule has 0 atom stereocenters. The van der Waals surface area contributed by atoms with E-state index < -0.39 is 20.6 Å². The van der Waals surface area contributed by atoms with Crippen molar-refractivity contribution in [2.75, 3.05) is 5.73 Å². The molecule has 2 rings (SSSR count). The van der Waals surface area contributed by atoms with Crippen LogP contribution in [-0.2, 0) is 16.6 Å². The van der Waals surface area contributed by atoms with Gasteiger partial charge >= 0.3 is 0 Å². The smallest absolute Gasteiger partial charge is 0.293 e. The molecular formula is C11H12N4O5S. The molecule has 0 unspecified atom stereocenters. The lowest BCUT2D eigenvalue weighted by molar-refractivity contribution is -0.384. The number of aryl methyl sites for hydroxylation is 1. The summed E-state index contributed by atoms with van der Waals surface area (Å²) in [5.74, 6) is 0.548. The Bertz CT molecular complexity index is 784. The number of rotatable bonds is 5. The van der Waals surface area contributed by atoms with Crippen LogP contribution in [-0.4, -0.2) is 18.5 Å². The second-order valence-corrected chi connectivity index (χ2v) is 6.00. The molecule has 0 aliphatic carbocycles. The number of aromatic nitrogens is 1. The van der Waals surface area contributed by atoms with Crippen LogP contribution in [0, 0.1) is 17.0 Å². The van der Waals surface area contributed by atoms with Crippen LogP contribution in [0.15, 0.2) is 33.7 Å². The number of nitrogen functional groups attached to an aromatic ring is 1. The zero-order chi connectivity index (χ0) is 15.6. The molecule has 9 nitrogen and oxygen atoms in total. The summed E-state index contributed by atoms with van der Waals surface area (Å²) in [6.45, 7) is 1.59. The number of anilines is 1. The maximum Gasteiger partial charge on any atom is 0.293 e. The van der Waals surface area contributed by atoms with Crippen molar-refractivity contribution < 1.29 is 17.9 Å². The van der Waals surface area contributed by atoms with Gasteiger partial charge in [-0.1, -0.05) is 5.16 Å². The van der Waals surface area contributed by atoms with Crippen LogP contribution < -0.4 is 10.5 Å². The van der Waals surface area contributed by atoms with Crippen LogP contribution in [0.3, 0.4) is 0 Å². The monoisotopic (exact) mass is 312 g/mol. The van der Waals surface area contributed by atoms with E-state index in [0.717, 1.165) is 6.07 Å². The Morgan fingerprint density at radius 1 is 1.43 bits per heavy atom. The van der Waals surface area contributed by atoms with Crippen LogP contribution in [0.4, 0.5) is 11.4 Å². The van der Waals surface area contributed by atoms with E-state index in [1.54, 1.807) is 13.0 Å². The number of benzene rings is 1. The highest BCUT2D eigenvalue weighted by atomic mass is 32.2. The Labute approximate surface area is 119 Å². The van der Waals surface area contributed by atoms with E-state index in [9.17, 15) is 18.5 Å². The van der Waals surface area contributed by atoms with Gasteiger partial charge in [0.25, 0.3) is 5.69 Å². The van der Waals surface area contributed by atoms with Gasteiger partial charge in [0.2, 0.25) is 10.0 Å². The highest BCUT2D eigenvalue weighted by Crippen LogP contribution is 2.24. The number of nitrogens with zero attached hydrogens (tertiary/aromatic N) is 2. The number of nitrogens with two attached hydrogens (primary N) is 1. The molecule has 0 saturated heterocycles. The number of nitrogens with one attached hydrogen (secondary N) is 1. The molecule has 3 N–H and O–H groups in total. The quantitative estimate of drug-likeness (QED) is 0.475. The summed E-state index contributed by atoms with van der Waals surface area (Å²) >= 11 is 0. The molecule has 0 amide bonds. The van der Waals surface area contributed by atoms with Crippen LogP contribution in [0.2, 0.25) is 0 Å². The van der Waals surface area contributed by atoms with Gasteiger partial charge in [-0.05, 0) is 19.1 Å². The van der Waals surface area contributed by atoms with Gasteiger partial charge in [-0.3, -0.25) is 10.1 Å². The normalized spacial score (nSPS) is 11.5. The van der Waals surface area contributed by atoms with Crippen molar-refractivity contribution >= 4 is 21.4 Å². The van der Waals surface area contributed by atoms with Gasteiger partial charge in [-0.25, -0.2) is 13.1 Å². The first-order chi connectivity index (χ1) is 9.79. The molecule has 1 heterocycles. The molecule has 21 heavy (non-hydrogen) atoms. The molecule has 1 aromatic heterocycles. The average Bonchev–Trinajstić information content (AvgIpc) is 2.82. The highest BCUT2D eigenvalue weighted by molar-refractivity contribution is 7.89. The fraction of sp³-hybridized carbons (Fsp3) is 0.182. The second kappa shape index (κ2) is 5.50. The van der Waals surface area contributed by atoms with E-state index in [4.69, 9.17) is 10.3 Å². The first-order valence-electron chi connectivity index (χ1n) is 5.75. The summed E-state index contributed by atoms with van der Waals surface area (Å²) < 4.78 is 31.2. The first kappa shape index (κ1) is 14.9. The van der Waals surface area contributed by atoms with Crippen LogP contribution >= 0.6 is 0 Å². The molecule has 0 aliphatic heterocycles. The molecule has 10 heteroatoms. The van der Waals surface area contributed by atoms with Crippen LogP contribution in [0.25, 0.3) is 0 Å². The van der Waals surface area contributed by atoms with E-state index in [2.05, 4.69) is 9.88 Å². The van der Waals surface area contributed by atoms with E-state index in [0.29, 0.717) is 11.5 Å². The standard InChI is InChI=1S/C11H12N4O5S/c1-7-4-8(14-20-7)6-13-21(18,19)9-2-3-10(12)11(5-9)15(16)17/h2-5,13H,6,12H2,1H3. The predicted molar refractivity (Wildman–Crippen MR) is 72.8 cm³/mol. The maximum absolute atomic E-state index is 12.1. The molecular weight excluding hydrogens is 300 g/mol. The first-order valence-corrected chi connectivity index (χ1v) is 7.23. The average molecular weight is 312 g/mol. The number of hydrogen-bond acceptors (Lipinski definition) is 7. The molecule has 2 aromatic rings. The van der Waals surface area contributed by atoms with E-state index in [-0.39, 0.29) is 17.1 Å². The van der Waals surface area contributed by atoms with Crippen LogP contribution in [0.5, 0.6) is 0 Å². The third-order valence-electron chi connectivity index (χ3n) is 2.63. The third kappa shape index (κ3) is 3.35. The van der Waals surface area contributed by atoms with Crippen molar-refractivity contribution in [1.82, 2.24) is 9.88 Å². The van der Waals surface area contributed by atoms with Crippen molar-refractivity contribution in [2.24, 2.45) is 0 Å². The highest BCUT2D eigenvalue weighted by Gasteiger charge is 2.20. The van der Waals surface area contributed by atoms with Gasteiger partial charge in [0.15, 0.2) is 0 Å². The zero-order valence-corrected chi connectivity index (χ0v) is 11.8. The van der Waals surface area contributed by atoms with Gasteiger partial charge in [-0.15, -0.1) is 0 Å². The zero-order valence-electron chi connectivity index (χ0n) is 10.9. The van der Waals surface area contributed by atoms with E-state index >= 15 is 0 Å². The van der Waals surface area contributed by atoms with Crippen molar-refractivity contribution in [1.29, 1.82) is 0 Å². The third-order valence-corrected chi connectivity index (χ3v) is 4.03. The minimum atomic E-state index is -3.91. The number of nitro benzene ring substituents is 1. The van der Waals surface area contributed by atoms with E-state index in [1.165, 1.54) is 12.1 Å². The fourth-order valence-corrected chi connectivity index (χ4v) is 2.62. The van der Waals surface area contributed by atoms with Crippen molar-refractivity contribution in [3.05, 3.63) is 45.8 Å². The lowest BCUT2D eigenvalue weighted by atomic mass is 10.3.